The molecule has 7 heteroatoms. The summed E-state index contributed by atoms with van der Waals surface area (Å²) in [6.07, 6.45) is 7.23. The Morgan fingerprint density at radius 2 is 1.56 bits per heavy atom. The van der Waals surface area contributed by atoms with Crippen LogP contribution in [-0.2, 0) is 5.75 Å². The maximum atomic E-state index is 12.7. The monoisotopic (exact) mass is 445 g/mol. The van der Waals surface area contributed by atoms with Crippen molar-refractivity contribution < 1.29 is 14.7 Å². The molecule has 0 saturated heterocycles. The van der Waals surface area contributed by atoms with Gasteiger partial charge in [-0.25, -0.2) is 0 Å². The van der Waals surface area contributed by atoms with E-state index in [0.29, 0.717) is 11.1 Å². The minimum atomic E-state index is -0.891. The number of nitrogens with zero attached hydrogens (tertiary/aromatic N) is 3. The summed E-state index contributed by atoms with van der Waals surface area (Å²) in [6, 6.07) is 17.0. The third-order valence-electron chi connectivity index (χ3n) is 5.83. The molecule has 32 heavy (non-hydrogen) atoms. The van der Waals surface area contributed by atoms with Crippen molar-refractivity contribution in [3.05, 3.63) is 95.6 Å². The molecule has 0 saturated carbocycles. The van der Waals surface area contributed by atoms with E-state index in [4.69, 9.17) is 4.99 Å². The van der Waals surface area contributed by atoms with E-state index < -0.39 is 6.10 Å². The number of aliphatic hydroxyl groups excluding tert-OH is 1. The summed E-state index contributed by atoms with van der Waals surface area (Å²) >= 11 is 1.64. The van der Waals surface area contributed by atoms with Crippen LogP contribution in [0.1, 0.15) is 26.3 Å². The van der Waals surface area contributed by atoms with E-state index in [1.165, 1.54) is 5.56 Å². The number of benzene rings is 2. The SMILES string of the molecule is O=C1c2ccccc2C(=O)N1C[C@H](O)CN1C(SCc2ccccc2)=N[C@@H]2C=CC=C[C@@H]21. The third kappa shape index (κ3) is 3.89. The van der Waals surface area contributed by atoms with Crippen LogP contribution in [0.5, 0.6) is 0 Å². The molecular weight excluding hydrogens is 422 g/mol. The van der Waals surface area contributed by atoms with Crippen LogP contribution in [0.3, 0.4) is 0 Å². The summed E-state index contributed by atoms with van der Waals surface area (Å²) in [5.41, 5.74) is 1.99. The number of allylic oxidation sites excluding steroid dienone is 2. The lowest BCUT2D eigenvalue weighted by Gasteiger charge is -2.31. The number of fused-ring (bicyclic) bond motifs is 2. The van der Waals surface area contributed by atoms with Gasteiger partial charge in [0, 0.05) is 12.3 Å². The highest BCUT2D eigenvalue weighted by Gasteiger charge is 2.39. The van der Waals surface area contributed by atoms with Crippen LogP contribution in [-0.4, -0.2) is 63.2 Å². The topological polar surface area (TPSA) is 73.2 Å². The van der Waals surface area contributed by atoms with Gasteiger partial charge in [-0.3, -0.25) is 19.5 Å². The molecular formula is C25H23N3O3S. The number of thioether (sulfide) groups is 1. The van der Waals surface area contributed by atoms with Crippen molar-refractivity contribution in [2.45, 2.75) is 23.9 Å². The van der Waals surface area contributed by atoms with E-state index in [1.54, 1.807) is 36.0 Å². The predicted octanol–water partition coefficient (Wildman–Crippen LogP) is 3.11. The number of imide groups is 1. The smallest absolute Gasteiger partial charge is 0.261 e. The van der Waals surface area contributed by atoms with Crippen LogP contribution in [0.25, 0.3) is 0 Å². The highest BCUT2D eigenvalue weighted by atomic mass is 32.2. The molecule has 2 aromatic rings. The number of amidine groups is 1. The summed E-state index contributed by atoms with van der Waals surface area (Å²) in [7, 11) is 0. The summed E-state index contributed by atoms with van der Waals surface area (Å²) < 4.78 is 0. The second kappa shape index (κ2) is 8.76. The number of carbonyl (C=O) groups is 2. The number of rotatable bonds is 6. The zero-order valence-electron chi connectivity index (χ0n) is 17.4. The number of hydrogen-bond acceptors (Lipinski definition) is 6. The van der Waals surface area contributed by atoms with Crippen molar-refractivity contribution in [1.82, 2.24) is 9.80 Å². The van der Waals surface area contributed by atoms with Gasteiger partial charge in [0.25, 0.3) is 11.8 Å². The zero-order chi connectivity index (χ0) is 22.1. The van der Waals surface area contributed by atoms with Crippen molar-refractivity contribution >= 4 is 28.7 Å². The number of carbonyl (C=O) groups excluding carboxylic acids is 2. The lowest BCUT2D eigenvalue weighted by molar-refractivity contribution is 0.0509. The second-order valence-corrected chi connectivity index (χ2v) is 8.95. The van der Waals surface area contributed by atoms with E-state index >= 15 is 0 Å². The normalized spacial score (nSPS) is 22.2. The number of aliphatic imine (C=N–C) groups is 1. The molecule has 1 N–H and O–H groups in total. The fourth-order valence-corrected chi connectivity index (χ4v) is 5.31. The quantitative estimate of drug-likeness (QED) is 0.692. The van der Waals surface area contributed by atoms with Crippen LogP contribution >= 0.6 is 11.8 Å². The predicted molar refractivity (Wildman–Crippen MR) is 126 cm³/mol. The Balaban J connectivity index is 1.28. The van der Waals surface area contributed by atoms with Gasteiger partial charge in [0.1, 0.15) is 0 Å². The summed E-state index contributed by atoms with van der Waals surface area (Å²) in [5, 5.41) is 11.7. The van der Waals surface area contributed by atoms with E-state index in [-0.39, 0.29) is 37.0 Å². The first kappa shape index (κ1) is 20.7. The van der Waals surface area contributed by atoms with E-state index in [2.05, 4.69) is 29.2 Å². The minimum absolute atomic E-state index is 0.00442. The van der Waals surface area contributed by atoms with E-state index in [1.807, 2.05) is 30.4 Å². The summed E-state index contributed by atoms with van der Waals surface area (Å²) in [4.78, 5) is 33.4. The maximum Gasteiger partial charge on any atom is 0.261 e. The fraction of sp³-hybridized carbons (Fsp3) is 0.240. The number of hydrogen-bond donors (Lipinski definition) is 1. The molecule has 6 nitrogen and oxygen atoms in total. The minimum Gasteiger partial charge on any atom is -0.389 e. The molecule has 2 aromatic carbocycles. The molecule has 0 bridgehead atoms. The van der Waals surface area contributed by atoms with Gasteiger partial charge in [-0.05, 0) is 17.7 Å². The van der Waals surface area contributed by atoms with Crippen molar-refractivity contribution in [3.63, 3.8) is 0 Å². The van der Waals surface area contributed by atoms with E-state index in [0.717, 1.165) is 15.8 Å². The van der Waals surface area contributed by atoms with Gasteiger partial charge in [-0.2, -0.15) is 0 Å². The van der Waals surface area contributed by atoms with Crippen molar-refractivity contribution in [2.75, 3.05) is 13.1 Å². The molecule has 3 atom stereocenters. The first-order valence-corrected chi connectivity index (χ1v) is 11.6. The van der Waals surface area contributed by atoms with Crippen LogP contribution < -0.4 is 0 Å². The van der Waals surface area contributed by atoms with Crippen molar-refractivity contribution in [1.29, 1.82) is 0 Å². The van der Waals surface area contributed by atoms with Gasteiger partial charge in [0.2, 0.25) is 0 Å². The molecule has 2 heterocycles. The fourth-order valence-electron chi connectivity index (χ4n) is 4.26. The Bertz CT molecular complexity index is 1090. The Labute approximate surface area is 190 Å². The largest absolute Gasteiger partial charge is 0.389 e. The van der Waals surface area contributed by atoms with Gasteiger partial charge in [-0.1, -0.05) is 78.5 Å². The summed E-state index contributed by atoms with van der Waals surface area (Å²) in [5.74, 6) is 0.0749. The molecule has 0 unspecified atom stereocenters. The highest BCUT2D eigenvalue weighted by Crippen LogP contribution is 2.30. The Kier molecular flexibility index (Phi) is 5.68. The molecule has 0 spiro atoms. The van der Waals surface area contributed by atoms with Gasteiger partial charge in [0.15, 0.2) is 5.17 Å². The first-order chi connectivity index (χ1) is 15.6. The first-order valence-electron chi connectivity index (χ1n) is 10.6. The van der Waals surface area contributed by atoms with Crippen LogP contribution in [0, 0.1) is 0 Å². The molecule has 0 radical (unpaired) electrons. The molecule has 2 aliphatic heterocycles. The second-order valence-electron chi connectivity index (χ2n) is 8.01. The Morgan fingerprint density at radius 3 is 2.28 bits per heavy atom. The maximum absolute atomic E-state index is 12.7. The lowest BCUT2D eigenvalue weighted by Crippen LogP contribution is -2.46. The molecule has 5 rings (SSSR count). The van der Waals surface area contributed by atoms with Gasteiger partial charge >= 0.3 is 0 Å². The molecule has 0 aromatic heterocycles. The number of amides is 2. The van der Waals surface area contributed by atoms with Crippen LogP contribution in [0.15, 0.2) is 83.9 Å². The molecule has 1 aliphatic carbocycles. The molecule has 2 amide bonds. The standard InChI is InChI=1S/C25H23N3O3S/c29-18(15-28-23(30)19-10-4-5-11-20(19)24(28)31)14-27-22-13-7-6-12-21(22)26-25(27)32-16-17-8-2-1-3-9-17/h1-13,18,21-22,29H,14-16H2/t18-,21-,22+/m1/s1. The van der Waals surface area contributed by atoms with Gasteiger partial charge in [-0.15, -0.1) is 0 Å². The highest BCUT2D eigenvalue weighted by molar-refractivity contribution is 8.13. The average molecular weight is 446 g/mol. The number of aliphatic hydroxyl groups is 1. The molecule has 3 aliphatic rings. The molecule has 0 fully saturated rings. The van der Waals surface area contributed by atoms with Gasteiger partial charge < -0.3 is 10.0 Å². The average Bonchev–Trinajstić information content (AvgIpc) is 3.29. The van der Waals surface area contributed by atoms with Crippen LogP contribution in [0.2, 0.25) is 0 Å². The summed E-state index contributed by atoms with van der Waals surface area (Å²) in [6.45, 7) is 0.240. The van der Waals surface area contributed by atoms with Crippen molar-refractivity contribution in [2.24, 2.45) is 4.99 Å². The Morgan fingerprint density at radius 1 is 0.906 bits per heavy atom. The van der Waals surface area contributed by atoms with Gasteiger partial charge in [0.05, 0.1) is 35.9 Å². The van der Waals surface area contributed by atoms with Crippen molar-refractivity contribution in [3.8, 4) is 0 Å². The third-order valence-corrected chi connectivity index (χ3v) is 6.91. The van der Waals surface area contributed by atoms with E-state index in [9.17, 15) is 14.7 Å². The zero-order valence-corrected chi connectivity index (χ0v) is 18.2. The Hall–Kier alpha value is -3.16. The molecule has 162 valence electrons. The lowest BCUT2D eigenvalue weighted by atomic mass is 10.0. The number of β-amino-alcohol motifs (C(OH)–C–C–N with tert-alkyl or cyclic N) is 1. The van der Waals surface area contributed by atoms with Crippen LogP contribution in [0.4, 0.5) is 0 Å².